The van der Waals surface area contributed by atoms with E-state index >= 15 is 0 Å². The monoisotopic (exact) mass is 258 g/mol. The molecule has 0 amide bonds. The van der Waals surface area contributed by atoms with Gasteiger partial charge in [0.25, 0.3) is 0 Å². The fourth-order valence-electron chi connectivity index (χ4n) is 0.958. The molecule has 0 spiro atoms. The van der Waals surface area contributed by atoms with Crippen LogP contribution in [-0.4, -0.2) is 9.97 Å². The van der Waals surface area contributed by atoms with Crippen molar-refractivity contribution in [2.45, 2.75) is 0 Å². The van der Waals surface area contributed by atoms with Crippen molar-refractivity contribution in [1.82, 2.24) is 9.97 Å². The van der Waals surface area contributed by atoms with Crippen molar-refractivity contribution in [1.29, 1.82) is 0 Å². The summed E-state index contributed by atoms with van der Waals surface area (Å²) in [6.45, 7) is 0. The Balaban J connectivity index is 2.52. The van der Waals surface area contributed by atoms with Gasteiger partial charge in [-0.15, -0.1) is 11.3 Å². The molecule has 13 heavy (non-hydrogen) atoms. The summed E-state index contributed by atoms with van der Waals surface area (Å²) >= 11 is 4.65. The van der Waals surface area contributed by atoms with Gasteiger partial charge in [-0.3, -0.25) is 4.98 Å². The maximum absolute atomic E-state index is 13.2. The SMILES string of the molecule is Fc1cnccc1-c1csc(Br)n1. The lowest BCUT2D eigenvalue weighted by Gasteiger charge is -1.95. The Labute approximate surface area is 86.6 Å². The van der Waals surface area contributed by atoms with E-state index in [4.69, 9.17) is 0 Å². The maximum Gasteiger partial charge on any atom is 0.159 e. The normalized spacial score (nSPS) is 10.3. The van der Waals surface area contributed by atoms with Gasteiger partial charge in [-0.1, -0.05) is 0 Å². The predicted molar refractivity (Wildman–Crippen MR) is 53.0 cm³/mol. The van der Waals surface area contributed by atoms with Crippen molar-refractivity contribution in [2.24, 2.45) is 0 Å². The molecule has 0 aromatic carbocycles. The number of nitrogens with zero attached hydrogens (tertiary/aromatic N) is 2. The lowest BCUT2D eigenvalue weighted by molar-refractivity contribution is 0.624. The topological polar surface area (TPSA) is 25.8 Å². The van der Waals surface area contributed by atoms with Crippen molar-refractivity contribution in [3.63, 3.8) is 0 Å². The first-order chi connectivity index (χ1) is 6.27. The van der Waals surface area contributed by atoms with Gasteiger partial charge in [-0.05, 0) is 22.0 Å². The third-order valence-electron chi connectivity index (χ3n) is 1.52. The first kappa shape index (κ1) is 8.77. The third-order valence-corrected chi connectivity index (χ3v) is 2.89. The first-order valence-electron chi connectivity index (χ1n) is 3.48. The second kappa shape index (κ2) is 3.51. The molecule has 2 rings (SSSR count). The van der Waals surface area contributed by atoms with Crippen molar-refractivity contribution in [3.8, 4) is 11.3 Å². The molecule has 0 saturated heterocycles. The standard InChI is InChI=1S/C8H4BrFN2S/c9-8-12-7(4-13-8)5-1-2-11-3-6(5)10/h1-4H. The van der Waals surface area contributed by atoms with E-state index in [0.29, 0.717) is 11.3 Å². The molecule has 0 radical (unpaired) electrons. The summed E-state index contributed by atoms with van der Waals surface area (Å²) in [5, 5.41) is 1.79. The van der Waals surface area contributed by atoms with Gasteiger partial charge in [0, 0.05) is 17.1 Å². The van der Waals surface area contributed by atoms with E-state index in [2.05, 4.69) is 25.9 Å². The molecule has 0 aliphatic carbocycles. The van der Waals surface area contributed by atoms with Crippen molar-refractivity contribution in [2.75, 3.05) is 0 Å². The summed E-state index contributed by atoms with van der Waals surface area (Å²) < 4.78 is 13.9. The van der Waals surface area contributed by atoms with Crippen LogP contribution in [-0.2, 0) is 0 Å². The lowest BCUT2D eigenvalue weighted by Crippen LogP contribution is -1.84. The molecule has 0 aliphatic rings. The highest BCUT2D eigenvalue weighted by Crippen LogP contribution is 2.26. The molecule has 0 fully saturated rings. The smallest absolute Gasteiger partial charge is 0.159 e. The van der Waals surface area contributed by atoms with Crippen molar-refractivity contribution < 1.29 is 4.39 Å². The van der Waals surface area contributed by atoms with Crippen LogP contribution in [0.3, 0.4) is 0 Å². The highest BCUT2D eigenvalue weighted by atomic mass is 79.9. The Bertz CT molecular complexity index is 430. The second-order valence-electron chi connectivity index (χ2n) is 2.34. The van der Waals surface area contributed by atoms with Crippen LogP contribution in [0, 0.1) is 5.82 Å². The molecule has 0 aliphatic heterocycles. The number of rotatable bonds is 1. The van der Waals surface area contributed by atoms with Gasteiger partial charge in [0.1, 0.15) is 0 Å². The van der Waals surface area contributed by atoms with Crippen molar-refractivity contribution >= 4 is 27.3 Å². The molecular formula is C8H4BrFN2S. The molecule has 2 heterocycles. The van der Waals surface area contributed by atoms with Crippen LogP contribution < -0.4 is 0 Å². The minimum absolute atomic E-state index is 0.347. The summed E-state index contributed by atoms with van der Waals surface area (Å²) in [7, 11) is 0. The Morgan fingerprint density at radius 3 is 2.92 bits per heavy atom. The summed E-state index contributed by atoms with van der Waals surface area (Å²) in [4.78, 5) is 7.78. The number of aromatic nitrogens is 2. The molecule has 0 saturated carbocycles. The molecule has 0 N–H and O–H groups in total. The molecule has 0 unspecified atom stereocenters. The number of thiazole rings is 1. The van der Waals surface area contributed by atoms with E-state index in [1.807, 2.05) is 0 Å². The minimum atomic E-state index is -0.347. The van der Waals surface area contributed by atoms with Crippen LogP contribution in [0.15, 0.2) is 27.8 Å². The van der Waals surface area contributed by atoms with Gasteiger partial charge < -0.3 is 0 Å². The van der Waals surface area contributed by atoms with Gasteiger partial charge in [0.15, 0.2) is 9.73 Å². The quantitative estimate of drug-likeness (QED) is 0.786. The number of halogens is 2. The number of pyridine rings is 1. The van der Waals surface area contributed by atoms with Gasteiger partial charge >= 0.3 is 0 Å². The molecule has 0 bridgehead atoms. The second-order valence-corrected chi connectivity index (χ2v) is 4.48. The molecule has 5 heteroatoms. The summed E-state index contributed by atoms with van der Waals surface area (Å²) in [5.74, 6) is -0.347. The van der Waals surface area contributed by atoms with Crippen LogP contribution in [0.5, 0.6) is 0 Å². The minimum Gasteiger partial charge on any atom is -0.262 e. The summed E-state index contributed by atoms with van der Waals surface area (Å²) in [6, 6.07) is 1.61. The lowest BCUT2D eigenvalue weighted by atomic mass is 10.2. The van der Waals surface area contributed by atoms with E-state index in [-0.39, 0.29) is 5.82 Å². The fraction of sp³-hybridized carbons (Fsp3) is 0. The van der Waals surface area contributed by atoms with E-state index in [1.54, 1.807) is 17.6 Å². The van der Waals surface area contributed by atoms with E-state index in [0.717, 1.165) is 3.92 Å². The zero-order valence-electron chi connectivity index (χ0n) is 6.37. The maximum atomic E-state index is 13.2. The van der Waals surface area contributed by atoms with Gasteiger partial charge in [0.2, 0.25) is 0 Å². The van der Waals surface area contributed by atoms with E-state index in [1.165, 1.54) is 17.5 Å². The van der Waals surface area contributed by atoms with E-state index in [9.17, 15) is 4.39 Å². The highest BCUT2D eigenvalue weighted by Gasteiger charge is 2.07. The average Bonchev–Trinajstić information content (AvgIpc) is 2.53. The van der Waals surface area contributed by atoms with Gasteiger partial charge in [0.05, 0.1) is 11.9 Å². The third kappa shape index (κ3) is 1.76. The Morgan fingerprint density at radius 2 is 2.31 bits per heavy atom. The summed E-state index contributed by atoms with van der Waals surface area (Å²) in [5.41, 5.74) is 1.12. The summed E-state index contributed by atoms with van der Waals surface area (Å²) in [6.07, 6.45) is 2.73. The van der Waals surface area contributed by atoms with Crippen LogP contribution in [0.2, 0.25) is 0 Å². The highest BCUT2D eigenvalue weighted by molar-refractivity contribution is 9.11. The van der Waals surface area contributed by atoms with Crippen LogP contribution in [0.25, 0.3) is 11.3 Å². The number of hydrogen-bond acceptors (Lipinski definition) is 3. The molecule has 2 aromatic rings. The molecule has 66 valence electrons. The fourth-order valence-corrected chi connectivity index (χ4v) is 1.97. The van der Waals surface area contributed by atoms with Gasteiger partial charge in [-0.2, -0.15) is 0 Å². The van der Waals surface area contributed by atoms with Crippen LogP contribution in [0.1, 0.15) is 0 Å². The van der Waals surface area contributed by atoms with Gasteiger partial charge in [-0.25, -0.2) is 9.37 Å². The molecule has 0 atom stereocenters. The molecule has 2 nitrogen and oxygen atoms in total. The number of hydrogen-bond donors (Lipinski definition) is 0. The molecule has 2 aromatic heterocycles. The Kier molecular flexibility index (Phi) is 2.37. The van der Waals surface area contributed by atoms with Crippen molar-refractivity contribution in [3.05, 3.63) is 33.6 Å². The van der Waals surface area contributed by atoms with Crippen LogP contribution in [0.4, 0.5) is 4.39 Å². The average molecular weight is 259 g/mol. The Morgan fingerprint density at radius 1 is 1.46 bits per heavy atom. The van der Waals surface area contributed by atoms with E-state index < -0.39 is 0 Å². The predicted octanol–water partition coefficient (Wildman–Crippen LogP) is 3.11. The first-order valence-corrected chi connectivity index (χ1v) is 5.15. The zero-order chi connectivity index (χ0) is 9.26. The molecular weight excluding hydrogens is 255 g/mol. The largest absolute Gasteiger partial charge is 0.262 e. The zero-order valence-corrected chi connectivity index (χ0v) is 8.77. The Hall–Kier alpha value is -0.810. The van der Waals surface area contributed by atoms with Crippen LogP contribution >= 0.6 is 27.3 Å².